The van der Waals surface area contributed by atoms with E-state index in [0.29, 0.717) is 6.54 Å². The molecule has 1 atom stereocenters. The molecule has 6 heteroatoms. The standard InChI is InChI=1S/C11H15ClN2O2S/c1-14(9-6-7-13-8-9)17(15,16)11-5-3-2-4-10(11)12/h2-5,9,13H,6-8H2,1H3/t9-/m0/s1. The fourth-order valence-corrected chi connectivity index (χ4v) is 3.83. The van der Waals surface area contributed by atoms with Crippen LogP contribution < -0.4 is 5.32 Å². The van der Waals surface area contributed by atoms with Gasteiger partial charge in [0.05, 0.1) is 5.02 Å². The minimum atomic E-state index is -3.49. The number of hydrogen-bond donors (Lipinski definition) is 1. The largest absolute Gasteiger partial charge is 0.315 e. The van der Waals surface area contributed by atoms with Gasteiger partial charge in [-0.2, -0.15) is 4.31 Å². The number of nitrogens with one attached hydrogen (secondary N) is 1. The molecule has 0 aromatic heterocycles. The molecule has 94 valence electrons. The van der Waals surface area contributed by atoms with Gasteiger partial charge in [-0.1, -0.05) is 23.7 Å². The van der Waals surface area contributed by atoms with E-state index in [0.717, 1.165) is 13.0 Å². The van der Waals surface area contributed by atoms with Gasteiger partial charge in [0.15, 0.2) is 0 Å². The minimum Gasteiger partial charge on any atom is -0.315 e. The third-order valence-electron chi connectivity index (χ3n) is 3.04. The molecule has 0 radical (unpaired) electrons. The molecule has 2 rings (SSSR count). The van der Waals surface area contributed by atoms with Crippen molar-refractivity contribution in [1.29, 1.82) is 0 Å². The third-order valence-corrected chi connectivity index (χ3v) is 5.45. The normalized spacial score (nSPS) is 21.0. The van der Waals surface area contributed by atoms with Crippen LogP contribution in [-0.4, -0.2) is 38.9 Å². The van der Waals surface area contributed by atoms with Gasteiger partial charge in [-0.3, -0.25) is 0 Å². The van der Waals surface area contributed by atoms with Crippen LogP contribution in [0.5, 0.6) is 0 Å². The van der Waals surface area contributed by atoms with Crippen molar-refractivity contribution in [3.8, 4) is 0 Å². The van der Waals surface area contributed by atoms with Crippen LogP contribution >= 0.6 is 11.6 Å². The zero-order valence-electron chi connectivity index (χ0n) is 9.56. The first-order chi connectivity index (χ1) is 8.03. The van der Waals surface area contributed by atoms with Gasteiger partial charge in [-0.15, -0.1) is 0 Å². The Morgan fingerprint density at radius 2 is 2.12 bits per heavy atom. The highest BCUT2D eigenvalue weighted by molar-refractivity contribution is 7.89. The van der Waals surface area contributed by atoms with E-state index >= 15 is 0 Å². The van der Waals surface area contributed by atoms with Crippen LogP contribution in [-0.2, 0) is 10.0 Å². The van der Waals surface area contributed by atoms with Crippen molar-refractivity contribution in [2.75, 3.05) is 20.1 Å². The summed E-state index contributed by atoms with van der Waals surface area (Å²) in [7, 11) is -1.88. The fraction of sp³-hybridized carbons (Fsp3) is 0.455. The molecule has 17 heavy (non-hydrogen) atoms. The molecule has 1 N–H and O–H groups in total. The summed E-state index contributed by atoms with van der Waals surface area (Å²) in [6, 6.07) is 6.54. The summed E-state index contributed by atoms with van der Waals surface area (Å²) in [6.45, 7) is 1.55. The number of likely N-dealkylation sites (N-methyl/N-ethyl adjacent to an activating group) is 1. The minimum absolute atomic E-state index is 0.0104. The van der Waals surface area contributed by atoms with Gasteiger partial charge in [0, 0.05) is 19.6 Å². The monoisotopic (exact) mass is 274 g/mol. The van der Waals surface area contributed by atoms with E-state index < -0.39 is 10.0 Å². The molecule has 0 aliphatic carbocycles. The highest BCUT2D eigenvalue weighted by atomic mass is 35.5. The van der Waals surface area contributed by atoms with Gasteiger partial charge in [0.25, 0.3) is 0 Å². The summed E-state index contributed by atoms with van der Waals surface area (Å²) in [6.07, 6.45) is 0.834. The van der Waals surface area contributed by atoms with E-state index in [9.17, 15) is 8.42 Å². The average Bonchev–Trinajstić information content (AvgIpc) is 2.81. The second-order valence-electron chi connectivity index (χ2n) is 4.10. The van der Waals surface area contributed by atoms with Gasteiger partial charge in [0.1, 0.15) is 4.90 Å². The van der Waals surface area contributed by atoms with Crippen LogP contribution in [0.3, 0.4) is 0 Å². The first kappa shape index (κ1) is 12.8. The van der Waals surface area contributed by atoms with Crippen LogP contribution in [0, 0.1) is 0 Å². The lowest BCUT2D eigenvalue weighted by molar-refractivity contribution is 0.388. The Labute approximate surface area is 107 Å². The number of benzene rings is 1. The second kappa shape index (κ2) is 4.94. The summed E-state index contributed by atoms with van der Waals surface area (Å²) in [5, 5.41) is 3.42. The van der Waals surface area contributed by atoms with Crippen molar-refractivity contribution in [3.05, 3.63) is 29.3 Å². The average molecular weight is 275 g/mol. The Bertz CT molecular complexity index is 498. The van der Waals surface area contributed by atoms with Gasteiger partial charge >= 0.3 is 0 Å². The quantitative estimate of drug-likeness (QED) is 0.905. The van der Waals surface area contributed by atoms with Crippen LogP contribution in [0.2, 0.25) is 5.02 Å². The number of nitrogens with zero attached hydrogens (tertiary/aromatic N) is 1. The smallest absolute Gasteiger partial charge is 0.244 e. The Kier molecular flexibility index (Phi) is 3.73. The van der Waals surface area contributed by atoms with E-state index in [4.69, 9.17) is 11.6 Å². The molecule has 1 heterocycles. The molecule has 0 bridgehead atoms. The first-order valence-corrected chi connectivity index (χ1v) is 7.28. The Morgan fingerprint density at radius 3 is 2.71 bits per heavy atom. The van der Waals surface area contributed by atoms with Gasteiger partial charge < -0.3 is 5.32 Å². The van der Waals surface area contributed by atoms with E-state index in [-0.39, 0.29) is 16.0 Å². The lowest BCUT2D eigenvalue weighted by atomic mass is 10.3. The zero-order chi connectivity index (χ0) is 12.5. The summed E-state index contributed by atoms with van der Waals surface area (Å²) in [5.74, 6) is 0. The number of halogens is 1. The Morgan fingerprint density at radius 1 is 1.41 bits per heavy atom. The van der Waals surface area contributed by atoms with E-state index in [2.05, 4.69) is 5.32 Å². The maximum absolute atomic E-state index is 12.4. The van der Waals surface area contributed by atoms with Crippen LogP contribution in [0.1, 0.15) is 6.42 Å². The predicted octanol–water partition coefficient (Wildman–Crippen LogP) is 1.32. The number of sulfonamides is 1. The number of hydrogen-bond acceptors (Lipinski definition) is 3. The third kappa shape index (κ3) is 2.47. The molecule has 0 spiro atoms. The molecule has 1 aromatic carbocycles. The van der Waals surface area contributed by atoms with Crippen molar-refractivity contribution in [1.82, 2.24) is 9.62 Å². The predicted molar refractivity (Wildman–Crippen MR) is 67.7 cm³/mol. The fourth-order valence-electron chi connectivity index (χ4n) is 1.96. The SMILES string of the molecule is CN([C@H]1CCNC1)S(=O)(=O)c1ccccc1Cl. The van der Waals surface area contributed by atoms with Gasteiger partial charge in [-0.25, -0.2) is 8.42 Å². The highest BCUT2D eigenvalue weighted by Crippen LogP contribution is 2.25. The van der Waals surface area contributed by atoms with Gasteiger partial charge in [-0.05, 0) is 25.1 Å². The van der Waals surface area contributed by atoms with Crippen molar-refractivity contribution >= 4 is 21.6 Å². The Balaban J connectivity index is 2.33. The summed E-state index contributed by atoms with van der Waals surface area (Å²) < 4.78 is 26.1. The summed E-state index contributed by atoms with van der Waals surface area (Å²) >= 11 is 5.94. The van der Waals surface area contributed by atoms with Crippen molar-refractivity contribution in [3.63, 3.8) is 0 Å². The Hall–Kier alpha value is -0.620. The molecule has 1 saturated heterocycles. The maximum atomic E-state index is 12.4. The van der Waals surface area contributed by atoms with Crippen LogP contribution in [0.15, 0.2) is 29.2 Å². The molecule has 0 unspecified atom stereocenters. The van der Waals surface area contributed by atoms with E-state index in [1.165, 1.54) is 10.4 Å². The summed E-state index contributed by atoms with van der Waals surface area (Å²) in [4.78, 5) is 0.177. The molecule has 1 aliphatic heterocycles. The van der Waals surface area contributed by atoms with Crippen molar-refractivity contribution in [2.45, 2.75) is 17.4 Å². The maximum Gasteiger partial charge on any atom is 0.244 e. The second-order valence-corrected chi connectivity index (χ2v) is 6.47. The van der Waals surface area contributed by atoms with E-state index in [1.807, 2.05) is 0 Å². The van der Waals surface area contributed by atoms with E-state index in [1.54, 1.807) is 25.2 Å². The summed E-state index contributed by atoms with van der Waals surface area (Å²) in [5.41, 5.74) is 0. The molecular formula is C11H15ClN2O2S. The topological polar surface area (TPSA) is 49.4 Å². The number of rotatable bonds is 3. The van der Waals surface area contributed by atoms with Crippen molar-refractivity contribution < 1.29 is 8.42 Å². The lowest BCUT2D eigenvalue weighted by Gasteiger charge is -2.23. The van der Waals surface area contributed by atoms with Gasteiger partial charge in [0.2, 0.25) is 10.0 Å². The first-order valence-electron chi connectivity index (χ1n) is 5.47. The lowest BCUT2D eigenvalue weighted by Crippen LogP contribution is -2.38. The molecule has 1 aliphatic rings. The molecule has 0 saturated carbocycles. The highest BCUT2D eigenvalue weighted by Gasteiger charge is 2.30. The zero-order valence-corrected chi connectivity index (χ0v) is 11.1. The molecular weight excluding hydrogens is 260 g/mol. The van der Waals surface area contributed by atoms with Crippen LogP contribution in [0.4, 0.5) is 0 Å². The van der Waals surface area contributed by atoms with Crippen LogP contribution in [0.25, 0.3) is 0 Å². The van der Waals surface area contributed by atoms with Crippen molar-refractivity contribution in [2.24, 2.45) is 0 Å². The molecule has 0 amide bonds. The molecule has 1 aromatic rings. The molecule has 4 nitrogen and oxygen atoms in total. The molecule has 1 fully saturated rings.